The number of nitrogens with zero attached hydrogens (tertiary/aromatic N) is 1. The number of likely N-dealkylation sites (tertiary alicyclic amines) is 1. The maximum absolute atomic E-state index is 12.1. The summed E-state index contributed by atoms with van der Waals surface area (Å²) in [7, 11) is 0. The van der Waals surface area contributed by atoms with Crippen LogP contribution in [0, 0.1) is 5.41 Å². The lowest BCUT2D eigenvalue weighted by atomic mass is 9.75. The summed E-state index contributed by atoms with van der Waals surface area (Å²) in [5.41, 5.74) is 5.30. The summed E-state index contributed by atoms with van der Waals surface area (Å²) in [5, 5.41) is 9.17. The first-order chi connectivity index (χ1) is 8.78. The zero-order valence-corrected chi connectivity index (χ0v) is 11.6. The third kappa shape index (κ3) is 2.28. The van der Waals surface area contributed by atoms with Gasteiger partial charge in [-0.1, -0.05) is 13.8 Å². The van der Waals surface area contributed by atoms with E-state index in [-0.39, 0.29) is 36.8 Å². The van der Waals surface area contributed by atoms with Crippen LogP contribution in [0.15, 0.2) is 0 Å². The van der Waals surface area contributed by atoms with E-state index in [9.17, 15) is 9.59 Å². The Labute approximate surface area is 112 Å². The van der Waals surface area contributed by atoms with Gasteiger partial charge in [0.25, 0.3) is 0 Å². The Hall–Kier alpha value is -0.980. The molecule has 19 heavy (non-hydrogen) atoms. The maximum atomic E-state index is 12.1. The van der Waals surface area contributed by atoms with Gasteiger partial charge in [0.05, 0.1) is 19.1 Å². The molecule has 4 unspecified atom stereocenters. The van der Waals surface area contributed by atoms with Crippen molar-refractivity contribution in [3.05, 3.63) is 0 Å². The van der Waals surface area contributed by atoms with E-state index in [1.807, 2.05) is 20.8 Å². The lowest BCUT2D eigenvalue weighted by molar-refractivity contribution is -0.168. The Morgan fingerprint density at radius 3 is 2.63 bits per heavy atom. The number of carbonyl (C=O) groups is 2. The normalized spacial score (nSPS) is 38.9. The van der Waals surface area contributed by atoms with Crippen LogP contribution in [0.5, 0.6) is 0 Å². The second kappa shape index (κ2) is 4.85. The highest BCUT2D eigenvalue weighted by Gasteiger charge is 2.49. The van der Waals surface area contributed by atoms with Crippen LogP contribution in [0.4, 0.5) is 0 Å². The average Bonchev–Trinajstić information content (AvgIpc) is 2.68. The van der Waals surface area contributed by atoms with E-state index in [1.54, 1.807) is 4.90 Å². The van der Waals surface area contributed by atoms with E-state index in [1.165, 1.54) is 0 Å². The molecular weight excluding hydrogens is 248 g/mol. The summed E-state index contributed by atoms with van der Waals surface area (Å²) in [4.78, 5) is 25.7. The van der Waals surface area contributed by atoms with E-state index in [0.717, 1.165) is 0 Å². The number of amides is 1. The number of carbonyl (C=O) groups excluding carboxylic acids is 2. The second-order valence-corrected chi connectivity index (χ2v) is 6.01. The minimum atomic E-state index is -0.585. The highest BCUT2D eigenvalue weighted by atomic mass is 16.5. The molecular formula is C13H22N2O4. The van der Waals surface area contributed by atoms with Gasteiger partial charge in [0.1, 0.15) is 12.0 Å². The quantitative estimate of drug-likeness (QED) is 0.668. The summed E-state index contributed by atoms with van der Waals surface area (Å²) < 4.78 is 5.65. The van der Waals surface area contributed by atoms with Crippen LogP contribution in [0.25, 0.3) is 0 Å². The van der Waals surface area contributed by atoms with Gasteiger partial charge in [-0.2, -0.15) is 0 Å². The zero-order chi connectivity index (χ0) is 14.4. The lowest BCUT2D eigenvalue weighted by Gasteiger charge is -2.45. The van der Waals surface area contributed by atoms with Crippen molar-refractivity contribution in [1.82, 2.24) is 4.90 Å². The Kier molecular flexibility index (Phi) is 3.68. The smallest absolute Gasteiger partial charge is 0.232 e. The Morgan fingerprint density at radius 1 is 1.47 bits per heavy atom. The van der Waals surface area contributed by atoms with Crippen LogP contribution in [0.1, 0.15) is 33.6 Å². The van der Waals surface area contributed by atoms with Crippen molar-refractivity contribution < 1.29 is 19.4 Å². The van der Waals surface area contributed by atoms with Crippen molar-refractivity contribution in [3.63, 3.8) is 0 Å². The maximum Gasteiger partial charge on any atom is 0.232 e. The molecule has 6 heteroatoms. The third-order valence-corrected chi connectivity index (χ3v) is 4.55. The molecule has 0 saturated carbocycles. The van der Waals surface area contributed by atoms with Crippen molar-refractivity contribution in [2.75, 3.05) is 6.61 Å². The van der Waals surface area contributed by atoms with Gasteiger partial charge in [0.2, 0.25) is 5.91 Å². The molecule has 0 aromatic carbocycles. The van der Waals surface area contributed by atoms with Gasteiger partial charge in [-0.05, 0) is 6.92 Å². The van der Waals surface area contributed by atoms with Crippen LogP contribution in [-0.2, 0) is 14.3 Å². The van der Waals surface area contributed by atoms with Gasteiger partial charge >= 0.3 is 0 Å². The fraction of sp³-hybridized carbons (Fsp3) is 0.846. The fourth-order valence-electron chi connectivity index (χ4n) is 2.76. The first-order valence-electron chi connectivity index (χ1n) is 6.65. The number of hydrogen-bond acceptors (Lipinski definition) is 5. The summed E-state index contributed by atoms with van der Waals surface area (Å²) in [6.07, 6.45) is -0.477. The molecule has 2 saturated heterocycles. The van der Waals surface area contributed by atoms with Crippen LogP contribution >= 0.6 is 0 Å². The minimum absolute atomic E-state index is 0.0396. The van der Waals surface area contributed by atoms with Crippen LogP contribution in [0.3, 0.4) is 0 Å². The number of rotatable bonds is 2. The first kappa shape index (κ1) is 14.4. The standard InChI is InChI=1S/C13H22N2O4/c1-7-13(2,3)10(17)5-11(18)15(7)12-4-8(14)9(6-16)19-12/h7-9,12,16H,4-6,14H2,1-3H3. The number of ether oxygens (including phenoxy) is 1. The van der Waals surface area contributed by atoms with E-state index in [2.05, 4.69) is 0 Å². The van der Waals surface area contributed by atoms with E-state index >= 15 is 0 Å². The summed E-state index contributed by atoms with van der Waals surface area (Å²) >= 11 is 0. The fourth-order valence-corrected chi connectivity index (χ4v) is 2.76. The van der Waals surface area contributed by atoms with Gasteiger partial charge in [-0.25, -0.2) is 0 Å². The predicted molar refractivity (Wildman–Crippen MR) is 68.1 cm³/mol. The molecule has 4 atom stereocenters. The van der Waals surface area contributed by atoms with Crippen molar-refractivity contribution in [2.24, 2.45) is 11.1 Å². The van der Waals surface area contributed by atoms with Gasteiger partial charge in [0, 0.05) is 23.9 Å². The van der Waals surface area contributed by atoms with Gasteiger partial charge in [-0.3, -0.25) is 9.59 Å². The van der Waals surface area contributed by atoms with Crippen molar-refractivity contribution >= 4 is 11.7 Å². The number of nitrogens with two attached hydrogens (primary N) is 1. The zero-order valence-electron chi connectivity index (χ0n) is 11.6. The molecule has 0 spiro atoms. The van der Waals surface area contributed by atoms with Gasteiger partial charge in [0.15, 0.2) is 0 Å². The monoisotopic (exact) mass is 270 g/mol. The molecule has 0 aromatic heterocycles. The summed E-state index contributed by atoms with van der Waals surface area (Å²) in [6.45, 7) is 5.39. The molecule has 2 aliphatic heterocycles. The molecule has 108 valence electrons. The van der Waals surface area contributed by atoms with E-state index < -0.39 is 17.7 Å². The van der Waals surface area contributed by atoms with Crippen molar-refractivity contribution in [3.8, 4) is 0 Å². The summed E-state index contributed by atoms with van der Waals surface area (Å²) in [6, 6.07) is -0.522. The largest absolute Gasteiger partial charge is 0.394 e. The minimum Gasteiger partial charge on any atom is -0.394 e. The van der Waals surface area contributed by atoms with Crippen LogP contribution in [0.2, 0.25) is 0 Å². The number of aliphatic hydroxyl groups is 1. The molecule has 6 nitrogen and oxygen atoms in total. The Balaban J connectivity index is 2.20. The van der Waals surface area contributed by atoms with Gasteiger partial charge < -0.3 is 20.5 Å². The molecule has 0 bridgehead atoms. The van der Waals surface area contributed by atoms with Gasteiger partial charge in [-0.15, -0.1) is 0 Å². The molecule has 3 N–H and O–H groups in total. The van der Waals surface area contributed by atoms with E-state index in [0.29, 0.717) is 6.42 Å². The predicted octanol–water partition coefficient (Wildman–Crippen LogP) is -0.363. The molecule has 1 amide bonds. The van der Waals surface area contributed by atoms with Crippen LogP contribution in [-0.4, -0.2) is 52.7 Å². The third-order valence-electron chi connectivity index (χ3n) is 4.55. The highest BCUT2D eigenvalue weighted by molar-refractivity contribution is 6.03. The summed E-state index contributed by atoms with van der Waals surface area (Å²) in [5.74, 6) is -0.255. The number of aliphatic hydroxyl groups excluding tert-OH is 1. The first-order valence-corrected chi connectivity index (χ1v) is 6.65. The molecule has 0 aromatic rings. The molecule has 2 heterocycles. The Morgan fingerprint density at radius 2 is 2.11 bits per heavy atom. The Bertz CT molecular complexity index is 396. The highest BCUT2D eigenvalue weighted by Crippen LogP contribution is 2.36. The average molecular weight is 270 g/mol. The second-order valence-electron chi connectivity index (χ2n) is 6.01. The molecule has 0 aliphatic carbocycles. The SMILES string of the molecule is CC1N(C2CC(N)C(CO)O2)C(=O)CC(=O)C1(C)C. The van der Waals surface area contributed by atoms with Crippen LogP contribution < -0.4 is 5.73 Å². The molecule has 2 aliphatic rings. The topological polar surface area (TPSA) is 92.9 Å². The lowest BCUT2D eigenvalue weighted by Crippen LogP contribution is -2.59. The van der Waals surface area contributed by atoms with Crippen molar-refractivity contribution in [1.29, 1.82) is 0 Å². The molecule has 2 fully saturated rings. The number of piperidine rings is 1. The van der Waals surface area contributed by atoms with Crippen molar-refractivity contribution in [2.45, 2.75) is 58.0 Å². The number of hydrogen-bond donors (Lipinski definition) is 2. The number of ketones is 1. The van der Waals surface area contributed by atoms with E-state index in [4.69, 9.17) is 15.6 Å². The molecule has 2 rings (SSSR count). The number of Topliss-reactive ketones (excluding diaryl/α,β-unsaturated/α-hetero) is 1. The molecule has 0 radical (unpaired) electrons.